The standard InChI is InChI=1S/C25H24ClN5O2/c1-16-3-6-20(13-23(16)26)31-24(17-4-5-17)22(15-28-31)25(32)27-14-18-11-12-30(29-18)19-7-9-21(33-2)10-8-19/h3,6-13,15,17H,4-5,14H2,1-2H3,(H,27,32). The van der Waals surface area contributed by atoms with Gasteiger partial charge in [-0.05, 0) is 67.8 Å². The number of nitrogens with one attached hydrogen (secondary N) is 1. The molecule has 8 heteroatoms. The number of amides is 1. The van der Waals surface area contributed by atoms with Crippen LogP contribution in [0, 0.1) is 6.92 Å². The van der Waals surface area contributed by atoms with E-state index in [9.17, 15) is 4.79 Å². The van der Waals surface area contributed by atoms with E-state index in [4.69, 9.17) is 16.3 Å². The van der Waals surface area contributed by atoms with Gasteiger partial charge in [0.05, 0.1) is 48.2 Å². The molecular formula is C25H24ClN5O2. The van der Waals surface area contributed by atoms with Crippen molar-refractivity contribution in [3.05, 3.63) is 88.5 Å². The highest BCUT2D eigenvalue weighted by Gasteiger charge is 2.33. The lowest BCUT2D eigenvalue weighted by Gasteiger charge is -2.10. The molecule has 4 aromatic rings. The SMILES string of the molecule is COc1ccc(-n2ccc(CNC(=O)c3cnn(-c4ccc(C)c(Cl)c4)c3C3CC3)n2)cc1. The van der Waals surface area contributed by atoms with Gasteiger partial charge in [-0.25, -0.2) is 9.36 Å². The molecular weight excluding hydrogens is 438 g/mol. The first-order chi connectivity index (χ1) is 16.0. The summed E-state index contributed by atoms with van der Waals surface area (Å²) in [5, 5.41) is 12.8. The third-order valence-electron chi connectivity index (χ3n) is 5.83. The minimum absolute atomic E-state index is 0.152. The number of aromatic nitrogens is 4. The van der Waals surface area contributed by atoms with Gasteiger partial charge in [-0.2, -0.15) is 10.2 Å². The van der Waals surface area contributed by atoms with Gasteiger partial charge < -0.3 is 10.1 Å². The molecule has 2 aromatic carbocycles. The largest absolute Gasteiger partial charge is 0.497 e. The molecule has 0 saturated heterocycles. The van der Waals surface area contributed by atoms with Crippen molar-refractivity contribution in [3.63, 3.8) is 0 Å². The lowest BCUT2D eigenvalue weighted by molar-refractivity contribution is 0.0949. The Hall–Kier alpha value is -3.58. The molecule has 0 bridgehead atoms. The van der Waals surface area contributed by atoms with E-state index >= 15 is 0 Å². The maximum absolute atomic E-state index is 13.0. The Kier molecular flexibility index (Phi) is 5.64. The molecule has 1 aliphatic carbocycles. The maximum Gasteiger partial charge on any atom is 0.255 e. The van der Waals surface area contributed by atoms with Crippen molar-refractivity contribution in [2.24, 2.45) is 0 Å². The maximum atomic E-state index is 13.0. The van der Waals surface area contributed by atoms with Crippen LogP contribution in [0.5, 0.6) is 5.75 Å². The van der Waals surface area contributed by atoms with Gasteiger partial charge in [0.1, 0.15) is 5.75 Å². The van der Waals surface area contributed by atoms with Gasteiger partial charge in [0, 0.05) is 17.1 Å². The van der Waals surface area contributed by atoms with Gasteiger partial charge in [-0.15, -0.1) is 0 Å². The van der Waals surface area contributed by atoms with Gasteiger partial charge in [0.25, 0.3) is 5.91 Å². The molecule has 1 aliphatic rings. The molecule has 5 rings (SSSR count). The van der Waals surface area contributed by atoms with Crippen molar-refractivity contribution in [3.8, 4) is 17.1 Å². The number of rotatable bonds is 7. The highest BCUT2D eigenvalue weighted by atomic mass is 35.5. The number of methoxy groups -OCH3 is 1. The van der Waals surface area contributed by atoms with Gasteiger partial charge in [0.2, 0.25) is 0 Å². The van der Waals surface area contributed by atoms with Crippen LogP contribution in [0.4, 0.5) is 0 Å². The summed E-state index contributed by atoms with van der Waals surface area (Å²) in [7, 11) is 1.64. The monoisotopic (exact) mass is 461 g/mol. The lowest BCUT2D eigenvalue weighted by Crippen LogP contribution is -2.24. The highest BCUT2D eigenvalue weighted by Crippen LogP contribution is 2.42. The summed E-state index contributed by atoms with van der Waals surface area (Å²) in [6, 6.07) is 15.4. The minimum Gasteiger partial charge on any atom is -0.497 e. The second-order valence-electron chi connectivity index (χ2n) is 8.20. The van der Waals surface area contributed by atoms with Crippen LogP contribution >= 0.6 is 11.6 Å². The third kappa shape index (κ3) is 4.36. The van der Waals surface area contributed by atoms with Crippen LogP contribution in [0.1, 0.15) is 46.1 Å². The Balaban J connectivity index is 1.32. The third-order valence-corrected chi connectivity index (χ3v) is 6.23. The normalized spacial score (nSPS) is 13.2. The summed E-state index contributed by atoms with van der Waals surface area (Å²) in [5.41, 5.74) is 5.10. The Morgan fingerprint density at radius 1 is 1.15 bits per heavy atom. The average molecular weight is 462 g/mol. The molecule has 1 fully saturated rings. The van der Waals surface area contributed by atoms with Crippen molar-refractivity contribution in [2.45, 2.75) is 32.2 Å². The second kappa shape index (κ2) is 8.75. The van der Waals surface area contributed by atoms with Crippen molar-refractivity contribution >= 4 is 17.5 Å². The molecule has 33 heavy (non-hydrogen) atoms. The molecule has 0 atom stereocenters. The van der Waals surface area contributed by atoms with Crippen molar-refractivity contribution in [1.29, 1.82) is 0 Å². The molecule has 0 spiro atoms. The number of carbonyl (C=O) groups excluding carboxylic acids is 1. The van der Waals surface area contributed by atoms with Crippen LogP contribution in [0.3, 0.4) is 0 Å². The van der Waals surface area contributed by atoms with E-state index in [-0.39, 0.29) is 5.91 Å². The highest BCUT2D eigenvalue weighted by molar-refractivity contribution is 6.31. The van der Waals surface area contributed by atoms with Crippen LogP contribution in [0.25, 0.3) is 11.4 Å². The van der Waals surface area contributed by atoms with E-state index in [2.05, 4.69) is 15.5 Å². The number of ether oxygens (including phenoxy) is 1. The van der Waals surface area contributed by atoms with Gasteiger partial charge in [-0.3, -0.25) is 4.79 Å². The second-order valence-corrected chi connectivity index (χ2v) is 8.60. The first-order valence-corrected chi connectivity index (χ1v) is 11.2. The number of hydrogen-bond donors (Lipinski definition) is 1. The van der Waals surface area contributed by atoms with Crippen LogP contribution < -0.4 is 10.1 Å². The van der Waals surface area contributed by atoms with E-state index in [1.807, 2.05) is 66.3 Å². The number of benzene rings is 2. The topological polar surface area (TPSA) is 74.0 Å². The minimum atomic E-state index is -0.152. The lowest BCUT2D eigenvalue weighted by atomic mass is 10.1. The molecule has 7 nitrogen and oxygen atoms in total. The summed E-state index contributed by atoms with van der Waals surface area (Å²) < 4.78 is 8.82. The van der Waals surface area contributed by atoms with Gasteiger partial charge in [-0.1, -0.05) is 17.7 Å². The summed E-state index contributed by atoms with van der Waals surface area (Å²) >= 11 is 6.32. The number of hydrogen-bond acceptors (Lipinski definition) is 4. The molecule has 2 heterocycles. The number of nitrogens with zero attached hydrogens (tertiary/aromatic N) is 4. The average Bonchev–Trinajstić information content (AvgIpc) is 3.39. The van der Waals surface area contributed by atoms with Crippen LogP contribution in [-0.2, 0) is 6.54 Å². The van der Waals surface area contributed by atoms with Crippen LogP contribution in [-0.4, -0.2) is 32.6 Å². The fourth-order valence-electron chi connectivity index (χ4n) is 3.80. The number of halogens is 1. The molecule has 1 N–H and O–H groups in total. The smallest absolute Gasteiger partial charge is 0.255 e. The first kappa shape index (κ1) is 21.3. The van der Waals surface area contributed by atoms with E-state index in [0.29, 0.717) is 23.0 Å². The van der Waals surface area contributed by atoms with E-state index in [1.54, 1.807) is 18.0 Å². The molecule has 2 aromatic heterocycles. The summed E-state index contributed by atoms with van der Waals surface area (Å²) in [6.07, 6.45) is 5.63. The number of aryl methyl sites for hydroxylation is 1. The quantitative estimate of drug-likeness (QED) is 0.427. The zero-order valence-corrected chi connectivity index (χ0v) is 19.2. The molecule has 0 radical (unpaired) electrons. The molecule has 1 saturated carbocycles. The van der Waals surface area contributed by atoms with Crippen LogP contribution in [0.2, 0.25) is 5.02 Å². The summed E-state index contributed by atoms with van der Waals surface area (Å²) in [4.78, 5) is 13.0. The Bertz CT molecular complexity index is 1300. The van der Waals surface area contributed by atoms with Crippen molar-refractivity contribution in [2.75, 3.05) is 7.11 Å². The zero-order chi connectivity index (χ0) is 22.9. The summed E-state index contributed by atoms with van der Waals surface area (Å²) in [5.74, 6) is 0.973. The molecule has 1 amide bonds. The van der Waals surface area contributed by atoms with Gasteiger partial charge in [0.15, 0.2) is 0 Å². The first-order valence-electron chi connectivity index (χ1n) is 10.8. The fourth-order valence-corrected chi connectivity index (χ4v) is 3.98. The Morgan fingerprint density at radius 2 is 1.91 bits per heavy atom. The summed E-state index contributed by atoms with van der Waals surface area (Å²) in [6.45, 7) is 2.29. The number of carbonyl (C=O) groups is 1. The zero-order valence-electron chi connectivity index (χ0n) is 18.5. The predicted octanol–water partition coefficient (Wildman–Crippen LogP) is 4.84. The van der Waals surface area contributed by atoms with Crippen molar-refractivity contribution in [1.82, 2.24) is 24.9 Å². The van der Waals surface area contributed by atoms with Crippen molar-refractivity contribution < 1.29 is 9.53 Å². The molecule has 0 aliphatic heterocycles. The van der Waals surface area contributed by atoms with Crippen LogP contribution in [0.15, 0.2) is 60.9 Å². The van der Waals surface area contributed by atoms with Gasteiger partial charge >= 0.3 is 0 Å². The molecule has 0 unspecified atom stereocenters. The van der Waals surface area contributed by atoms with E-state index in [0.717, 1.165) is 46.9 Å². The molecule has 168 valence electrons. The fraction of sp³-hybridized carbons (Fsp3) is 0.240. The van der Waals surface area contributed by atoms with E-state index in [1.165, 1.54) is 0 Å². The predicted molar refractivity (Wildman–Crippen MR) is 127 cm³/mol. The van der Waals surface area contributed by atoms with E-state index < -0.39 is 0 Å². The Labute approximate surface area is 196 Å². The Morgan fingerprint density at radius 3 is 2.61 bits per heavy atom.